The summed E-state index contributed by atoms with van der Waals surface area (Å²) >= 11 is 6.14. The van der Waals surface area contributed by atoms with Crippen LogP contribution in [0.4, 0.5) is 5.69 Å². The van der Waals surface area contributed by atoms with Gasteiger partial charge in [-0.25, -0.2) is 0 Å². The average Bonchev–Trinajstić information content (AvgIpc) is 2.75. The lowest BCUT2D eigenvalue weighted by Crippen LogP contribution is -2.48. The van der Waals surface area contributed by atoms with Crippen molar-refractivity contribution in [3.8, 4) is 0 Å². The molecule has 0 radical (unpaired) electrons. The smallest absolute Gasteiger partial charge is 0.241 e. The van der Waals surface area contributed by atoms with E-state index >= 15 is 0 Å². The van der Waals surface area contributed by atoms with Gasteiger partial charge in [0.1, 0.15) is 0 Å². The lowest BCUT2D eigenvalue weighted by atomic mass is 9.94. The highest BCUT2D eigenvalue weighted by atomic mass is 35.5. The Labute approximate surface area is 177 Å². The molecule has 2 aromatic carbocycles. The highest BCUT2D eigenvalue weighted by Gasteiger charge is 2.29. The number of anilines is 1. The Morgan fingerprint density at radius 1 is 1.10 bits per heavy atom. The fourth-order valence-corrected chi connectivity index (χ4v) is 3.80. The van der Waals surface area contributed by atoms with Crippen molar-refractivity contribution >= 4 is 29.1 Å². The summed E-state index contributed by atoms with van der Waals surface area (Å²) in [6.07, 6.45) is 1.52. The lowest BCUT2D eigenvalue weighted by Gasteiger charge is -2.34. The molecule has 2 amide bonds. The first-order valence-electron chi connectivity index (χ1n) is 10.1. The van der Waals surface area contributed by atoms with E-state index in [1.54, 1.807) is 0 Å². The highest BCUT2D eigenvalue weighted by Crippen LogP contribution is 2.24. The molecule has 0 aromatic heterocycles. The monoisotopic (exact) mass is 413 g/mol. The van der Waals surface area contributed by atoms with Gasteiger partial charge >= 0.3 is 0 Å². The van der Waals surface area contributed by atoms with Crippen LogP contribution in [0.3, 0.4) is 0 Å². The predicted molar refractivity (Wildman–Crippen MR) is 117 cm³/mol. The summed E-state index contributed by atoms with van der Waals surface area (Å²) in [6.45, 7) is 5.81. The first-order valence-corrected chi connectivity index (χ1v) is 10.4. The number of hydrogen-bond donors (Lipinski definition) is 2. The minimum atomic E-state index is -0.262. The number of carbonyl (C=O) groups is 2. The maximum atomic E-state index is 12.7. The molecule has 0 saturated carbocycles. The van der Waals surface area contributed by atoms with Gasteiger partial charge in [-0.1, -0.05) is 48.0 Å². The zero-order valence-corrected chi connectivity index (χ0v) is 17.7. The highest BCUT2D eigenvalue weighted by molar-refractivity contribution is 6.31. The number of benzene rings is 2. The topological polar surface area (TPSA) is 61.4 Å². The van der Waals surface area contributed by atoms with E-state index in [2.05, 4.69) is 15.5 Å². The van der Waals surface area contributed by atoms with Crippen molar-refractivity contribution in [2.75, 3.05) is 18.4 Å². The van der Waals surface area contributed by atoms with Gasteiger partial charge in [-0.2, -0.15) is 0 Å². The van der Waals surface area contributed by atoms with E-state index in [1.165, 1.54) is 0 Å². The largest absolute Gasteiger partial charge is 0.352 e. The molecule has 29 heavy (non-hydrogen) atoms. The molecule has 1 atom stereocenters. The van der Waals surface area contributed by atoms with Gasteiger partial charge in [0.25, 0.3) is 0 Å². The molecule has 2 aromatic rings. The van der Waals surface area contributed by atoms with E-state index in [0.717, 1.165) is 42.7 Å². The number of hydrogen-bond acceptors (Lipinski definition) is 3. The summed E-state index contributed by atoms with van der Waals surface area (Å²) in [5, 5.41) is 6.64. The van der Waals surface area contributed by atoms with E-state index in [0.29, 0.717) is 11.6 Å². The molecule has 6 heteroatoms. The van der Waals surface area contributed by atoms with Gasteiger partial charge < -0.3 is 10.6 Å². The van der Waals surface area contributed by atoms with Crippen molar-refractivity contribution in [1.82, 2.24) is 10.2 Å². The Kier molecular flexibility index (Phi) is 7.29. The third-order valence-electron chi connectivity index (χ3n) is 5.66. The van der Waals surface area contributed by atoms with Crippen LogP contribution in [0.5, 0.6) is 0 Å². The summed E-state index contributed by atoms with van der Waals surface area (Å²) in [5.41, 5.74) is 2.70. The van der Waals surface area contributed by atoms with Crippen LogP contribution in [0.1, 0.15) is 30.9 Å². The van der Waals surface area contributed by atoms with Crippen molar-refractivity contribution in [1.29, 1.82) is 0 Å². The Balaban J connectivity index is 1.47. The van der Waals surface area contributed by atoms with Crippen LogP contribution < -0.4 is 10.6 Å². The zero-order chi connectivity index (χ0) is 20.8. The second kappa shape index (κ2) is 9.90. The van der Waals surface area contributed by atoms with Crippen molar-refractivity contribution < 1.29 is 9.59 Å². The molecule has 2 N–H and O–H groups in total. The molecule has 3 rings (SSSR count). The lowest BCUT2D eigenvalue weighted by molar-refractivity contribution is -0.127. The first-order chi connectivity index (χ1) is 14.0. The van der Waals surface area contributed by atoms with Crippen molar-refractivity contribution in [2.24, 2.45) is 5.92 Å². The van der Waals surface area contributed by atoms with E-state index in [9.17, 15) is 9.59 Å². The first kappa shape index (κ1) is 21.3. The minimum absolute atomic E-state index is 0.000368. The molecule has 1 aliphatic rings. The van der Waals surface area contributed by atoms with Gasteiger partial charge in [0.15, 0.2) is 0 Å². The predicted octanol–water partition coefficient (Wildman–Crippen LogP) is 4.00. The van der Waals surface area contributed by atoms with Gasteiger partial charge in [0.05, 0.1) is 6.04 Å². The molecular weight excluding hydrogens is 386 g/mol. The number of nitrogens with zero attached hydrogens (tertiary/aromatic N) is 1. The van der Waals surface area contributed by atoms with Crippen molar-refractivity contribution in [3.63, 3.8) is 0 Å². The number of likely N-dealkylation sites (tertiary alicyclic amines) is 1. The van der Waals surface area contributed by atoms with E-state index in [4.69, 9.17) is 11.6 Å². The molecular formula is C23H28ClN3O2. The van der Waals surface area contributed by atoms with Crippen molar-refractivity contribution in [3.05, 3.63) is 64.7 Å². The van der Waals surface area contributed by atoms with Crippen LogP contribution in [-0.4, -0.2) is 35.8 Å². The molecule has 5 nitrogen and oxygen atoms in total. The summed E-state index contributed by atoms with van der Waals surface area (Å²) < 4.78 is 0. The molecule has 0 bridgehead atoms. The van der Waals surface area contributed by atoms with Gasteiger partial charge in [-0.3, -0.25) is 14.5 Å². The molecule has 154 valence electrons. The molecule has 0 aliphatic carbocycles. The summed E-state index contributed by atoms with van der Waals surface area (Å²) in [4.78, 5) is 27.3. The second-order valence-corrected chi connectivity index (χ2v) is 8.00. The Bertz CT molecular complexity index is 848. The SMILES string of the molecule is Cc1c(Cl)cccc1NC(=O)[C@@H](C)N1CCC(C(=O)NCc2ccccc2)CC1. The number of rotatable bonds is 6. The van der Waals surface area contributed by atoms with Gasteiger partial charge in [0, 0.05) is 23.2 Å². The number of carbonyl (C=O) groups excluding carboxylic acids is 2. The van der Waals surface area contributed by atoms with Crippen molar-refractivity contribution in [2.45, 2.75) is 39.3 Å². The summed E-state index contributed by atoms with van der Waals surface area (Å²) in [7, 11) is 0. The molecule has 0 spiro atoms. The maximum Gasteiger partial charge on any atom is 0.241 e. The number of piperidine rings is 1. The molecule has 0 unspecified atom stereocenters. The number of amides is 2. The van der Waals surface area contributed by atoms with Crippen LogP contribution in [0.2, 0.25) is 5.02 Å². The average molecular weight is 414 g/mol. The van der Waals surface area contributed by atoms with Gasteiger partial charge in [-0.05, 0) is 63.0 Å². The Morgan fingerprint density at radius 3 is 2.48 bits per heavy atom. The van der Waals surface area contributed by atoms with Crippen LogP contribution in [-0.2, 0) is 16.1 Å². The van der Waals surface area contributed by atoms with E-state index in [1.807, 2.05) is 62.4 Å². The minimum Gasteiger partial charge on any atom is -0.352 e. The number of nitrogens with one attached hydrogen (secondary N) is 2. The fourth-order valence-electron chi connectivity index (χ4n) is 3.62. The second-order valence-electron chi connectivity index (χ2n) is 7.59. The normalized spacial score (nSPS) is 16.2. The van der Waals surface area contributed by atoms with Gasteiger partial charge in [0.2, 0.25) is 11.8 Å². The van der Waals surface area contributed by atoms with E-state index < -0.39 is 0 Å². The Hall–Kier alpha value is -2.37. The molecule has 1 saturated heterocycles. The van der Waals surface area contributed by atoms with Crippen LogP contribution >= 0.6 is 11.6 Å². The summed E-state index contributed by atoms with van der Waals surface area (Å²) in [5.74, 6) is 0.0444. The third-order valence-corrected chi connectivity index (χ3v) is 6.07. The third kappa shape index (κ3) is 5.58. The number of halogens is 1. The molecule has 1 heterocycles. The zero-order valence-electron chi connectivity index (χ0n) is 17.0. The Morgan fingerprint density at radius 2 is 1.79 bits per heavy atom. The molecule has 1 aliphatic heterocycles. The standard InChI is InChI=1S/C23H28ClN3O2/c1-16-20(24)9-6-10-21(16)26-22(28)17(2)27-13-11-19(12-14-27)23(29)25-15-18-7-4-3-5-8-18/h3-10,17,19H,11-15H2,1-2H3,(H,25,29)(H,26,28)/t17-/m1/s1. The van der Waals surface area contributed by atoms with Crippen LogP contribution in [0.15, 0.2) is 48.5 Å². The summed E-state index contributed by atoms with van der Waals surface area (Å²) in [6, 6.07) is 15.1. The van der Waals surface area contributed by atoms with Gasteiger partial charge in [-0.15, -0.1) is 0 Å². The molecule has 1 fully saturated rings. The van der Waals surface area contributed by atoms with E-state index in [-0.39, 0.29) is 23.8 Å². The maximum absolute atomic E-state index is 12.7. The van der Waals surface area contributed by atoms with Crippen LogP contribution in [0, 0.1) is 12.8 Å². The van der Waals surface area contributed by atoms with Crippen LogP contribution in [0.25, 0.3) is 0 Å². The quantitative estimate of drug-likeness (QED) is 0.752. The fraction of sp³-hybridized carbons (Fsp3) is 0.391.